The summed E-state index contributed by atoms with van der Waals surface area (Å²) in [5.41, 5.74) is 0.701. The molecule has 0 atom stereocenters. The zero-order valence-electron chi connectivity index (χ0n) is 16.8. The maximum atomic E-state index is 13.1. The highest BCUT2D eigenvalue weighted by Gasteiger charge is 2.40. The Kier molecular flexibility index (Phi) is 5.97. The fourth-order valence-corrected chi connectivity index (χ4v) is 3.40. The third kappa shape index (κ3) is 4.16. The van der Waals surface area contributed by atoms with Crippen LogP contribution in [0.3, 0.4) is 0 Å². The van der Waals surface area contributed by atoms with E-state index < -0.39 is 5.41 Å². The molecule has 1 aliphatic rings. The average molecular weight is 380 g/mol. The molecule has 0 unspecified atom stereocenters. The van der Waals surface area contributed by atoms with E-state index in [1.807, 2.05) is 49.4 Å². The van der Waals surface area contributed by atoms with Gasteiger partial charge in [0.15, 0.2) is 0 Å². The van der Waals surface area contributed by atoms with Crippen molar-refractivity contribution in [2.24, 2.45) is 5.41 Å². The zero-order valence-corrected chi connectivity index (χ0v) is 16.8. The van der Waals surface area contributed by atoms with Gasteiger partial charge < -0.3 is 15.1 Å². The number of hydrogen-bond donors (Lipinski definition) is 1. The Morgan fingerprint density at radius 2 is 1.71 bits per heavy atom. The van der Waals surface area contributed by atoms with Crippen LogP contribution in [0.4, 0.5) is 11.5 Å². The van der Waals surface area contributed by atoms with Gasteiger partial charge in [-0.3, -0.25) is 9.59 Å². The quantitative estimate of drug-likeness (QED) is 0.810. The van der Waals surface area contributed by atoms with Gasteiger partial charge in [-0.15, -0.1) is 0 Å². The van der Waals surface area contributed by atoms with Crippen LogP contribution in [0.5, 0.6) is 0 Å². The highest BCUT2D eigenvalue weighted by atomic mass is 16.2. The van der Waals surface area contributed by atoms with Crippen LogP contribution in [0.1, 0.15) is 26.3 Å². The molecule has 0 aliphatic carbocycles. The van der Waals surface area contributed by atoms with Gasteiger partial charge in [0.05, 0.1) is 0 Å². The van der Waals surface area contributed by atoms with Gasteiger partial charge in [0.2, 0.25) is 11.8 Å². The lowest BCUT2D eigenvalue weighted by atomic mass is 9.89. The summed E-state index contributed by atoms with van der Waals surface area (Å²) in [4.78, 5) is 34.3. The number of rotatable bonds is 5. The Morgan fingerprint density at radius 1 is 1.04 bits per heavy atom. The van der Waals surface area contributed by atoms with E-state index in [1.54, 1.807) is 24.9 Å². The maximum Gasteiger partial charge on any atom is 0.239 e. The molecule has 2 aromatic rings. The maximum absolute atomic E-state index is 13.1. The van der Waals surface area contributed by atoms with Crippen molar-refractivity contribution in [2.45, 2.75) is 27.2 Å². The predicted molar refractivity (Wildman–Crippen MR) is 111 cm³/mol. The van der Waals surface area contributed by atoms with Crippen LogP contribution in [-0.4, -0.2) is 47.9 Å². The van der Waals surface area contributed by atoms with Crippen LogP contribution in [0.15, 0.2) is 48.7 Å². The number of aryl methyl sites for hydroxylation is 1. The van der Waals surface area contributed by atoms with E-state index in [-0.39, 0.29) is 11.8 Å². The summed E-state index contributed by atoms with van der Waals surface area (Å²) in [5.74, 6) is 0.507. The van der Waals surface area contributed by atoms with Crippen LogP contribution >= 0.6 is 0 Å². The molecule has 0 saturated carbocycles. The SMILES string of the molecule is CCc1ccccc1NC(=O)C(C)(C)C(=O)N1CCN(c2ccccn2)CC1. The number of hydrogen-bond acceptors (Lipinski definition) is 4. The minimum absolute atomic E-state index is 0.139. The van der Waals surface area contributed by atoms with Crippen LogP contribution in [0, 0.1) is 5.41 Å². The second-order valence-electron chi connectivity index (χ2n) is 7.56. The summed E-state index contributed by atoms with van der Waals surface area (Å²) in [6.07, 6.45) is 2.59. The first kappa shape index (κ1) is 19.9. The summed E-state index contributed by atoms with van der Waals surface area (Å²) >= 11 is 0. The van der Waals surface area contributed by atoms with E-state index in [0.717, 1.165) is 23.5 Å². The number of pyridine rings is 1. The second kappa shape index (κ2) is 8.42. The van der Waals surface area contributed by atoms with Gasteiger partial charge >= 0.3 is 0 Å². The predicted octanol–water partition coefficient (Wildman–Crippen LogP) is 2.96. The molecule has 1 aromatic carbocycles. The molecule has 2 heterocycles. The van der Waals surface area contributed by atoms with Crippen LogP contribution in [0.25, 0.3) is 0 Å². The minimum Gasteiger partial charge on any atom is -0.353 e. The van der Waals surface area contributed by atoms with E-state index in [9.17, 15) is 9.59 Å². The lowest BCUT2D eigenvalue weighted by molar-refractivity contribution is -0.146. The standard InChI is InChI=1S/C22H28N4O2/c1-4-17-9-5-6-10-18(17)24-20(27)22(2,3)21(28)26-15-13-25(14-16-26)19-11-7-8-12-23-19/h5-12H,4,13-16H2,1-3H3,(H,24,27). The van der Waals surface area contributed by atoms with E-state index in [1.165, 1.54) is 0 Å². The lowest BCUT2D eigenvalue weighted by Crippen LogP contribution is -2.54. The van der Waals surface area contributed by atoms with Gasteiger partial charge in [-0.25, -0.2) is 4.98 Å². The molecule has 148 valence electrons. The summed E-state index contributed by atoms with van der Waals surface area (Å²) in [7, 11) is 0. The highest BCUT2D eigenvalue weighted by molar-refractivity contribution is 6.10. The number of amides is 2. The summed E-state index contributed by atoms with van der Waals surface area (Å²) in [6, 6.07) is 13.5. The molecule has 2 amide bonds. The fourth-order valence-electron chi connectivity index (χ4n) is 3.40. The first-order valence-corrected chi connectivity index (χ1v) is 9.78. The second-order valence-corrected chi connectivity index (χ2v) is 7.56. The third-order valence-electron chi connectivity index (χ3n) is 5.29. The fraction of sp³-hybridized carbons (Fsp3) is 0.409. The zero-order chi connectivity index (χ0) is 20.1. The van der Waals surface area contributed by atoms with Gasteiger partial charge in [0, 0.05) is 38.1 Å². The van der Waals surface area contributed by atoms with Gasteiger partial charge in [0.1, 0.15) is 11.2 Å². The molecule has 0 spiro atoms. The van der Waals surface area contributed by atoms with Gasteiger partial charge in [-0.1, -0.05) is 31.2 Å². The molecule has 1 saturated heterocycles. The Bertz CT molecular complexity index is 827. The number of nitrogens with zero attached hydrogens (tertiary/aromatic N) is 3. The number of benzene rings is 1. The smallest absolute Gasteiger partial charge is 0.239 e. The van der Waals surface area contributed by atoms with Crippen LogP contribution in [0.2, 0.25) is 0 Å². The summed E-state index contributed by atoms with van der Waals surface area (Å²) in [6.45, 7) is 8.02. The van der Waals surface area contributed by atoms with Crippen molar-refractivity contribution in [2.75, 3.05) is 36.4 Å². The highest BCUT2D eigenvalue weighted by Crippen LogP contribution is 2.25. The molecule has 1 aromatic heterocycles. The van der Waals surface area contributed by atoms with Crippen LogP contribution < -0.4 is 10.2 Å². The Hall–Kier alpha value is -2.89. The molecule has 0 bridgehead atoms. The van der Waals surface area contributed by atoms with Gasteiger partial charge in [-0.2, -0.15) is 0 Å². The third-order valence-corrected chi connectivity index (χ3v) is 5.29. The number of piperazine rings is 1. The molecule has 6 nitrogen and oxygen atoms in total. The average Bonchev–Trinajstić information content (AvgIpc) is 2.74. The van der Waals surface area contributed by atoms with Crippen molar-refractivity contribution in [1.29, 1.82) is 0 Å². The first-order valence-electron chi connectivity index (χ1n) is 9.78. The van der Waals surface area contributed by atoms with Crippen molar-refractivity contribution in [3.8, 4) is 0 Å². The normalized spacial score (nSPS) is 14.7. The number of para-hydroxylation sites is 1. The minimum atomic E-state index is -1.13. The lowest BCUT2D eigenvalue weighted by Gasteiger charge is -2.38. The Morgan fingerprint density at radius 3 is 2.36 bits per heavy atom. The molecule has 0 radical (unpaired) electrons. The van der Waals surface area contributed by atoms with Crippen molar-refractivity contribution >= 4 is 23.3 Å². The van der Waals surface area contributed by atoms with E-state index in [0.29, 0.717) is 26.2 Å². The molecule has 1 aliphatic heterocycles. The van der Waals surface area contributed by atoms with E-state index in [4.69, 9.17) is 0 Å². The number of carbonyl (C=O) groups is 2. The monoisotopic (exact) mass is 380 g/mol. The summed E-state index contributed by atoms with van der Waals surface area (Å²) in [5, 5.41) is 2.95. The number of anilines is 2. The number of aromatic nitrogens is 1. The Balaban J connectivity index is 1.63. The van der Waals surface area contributed by atoms with Gasteiger partial charge in [0.25, 0.3) is 0 Å². The number of carbonyl (C=O) groups excluding carboxylic acids is 2. The molecular weight excluding hydrogens is 352 g/mol. The Labute approximate surface area is 166 Å². The molecule has 28 heavy (non-hydrogen) atoms. The number of nitrogens with one attached hydrogen (secondary N) is 1. The van der Waals surface area contributed by atoms with Crippen molar-refractivity contribution < 1.29 is 9.59 Å². The molecule has 6 heteroatoms. The largest absolute Gasteiger partial charge is 0.353 e. The van der Waals surface area contributed by atoms with Crippen molar-refractivity contribution in [3.63, 3.8) is 0 Å². The van der Waals surface area contributed by atoms with Crippen molar-refractivity contribution in [1.82, 2.24) is 9.88 Å². The van der Waals surface area contributed by atoms with Crippen molar-refractivity contribution in [3.05, 3.63) is 54.2 Å². The first-order chi connectivity index (χ1) is 13.4. The molecule has 3 rings (SSSR count). The molecule has 1 N–H and O–H groups in total. The summed E-state index contributed by atoms with van der Waals surface area (Å²) < 4.78 is 0. The van der Waals surface area contributed by atoms with E-state index in [2.05, 4.69) is 15.2 Å². The van der Waals surface area contributed by atoms with Gasteiger partial charge in [-0.05, 0) is 44.0 Å². The topological polar surface area (TPSA) is 65.5 Å². The molecule has 1 fully saturated rings. The van der Waals surface area contributed by atoms with Crippen LogP contribution in [-0.2, 0) is 16.0 Å². The molecular formula is C22H28N4O2. The van der Waals surface area contributed by atoms with E-state index >= 15 is 0 Å².